The first-order chi connectivity index (χ1) is 13.2. The van der Waals surface area contributed by atoms with Gasteiger partial charge in [0, 0.05) is 29.7 Å². The fourth-order valence-corrected chi connectivity index (χ4v) is 5.04. The minimum atomic E-state index is -0.276. The predicted octanol–water partition coefficient (Wildman–Crippen LogP) is 0.821. The van der Waals surface area contributed by atoms with E-state index in [1.54, 1.807) is 13.4 Å². The average Bonchev–Trinajstić information content (AvgIpc) is 3.09. The molecule has 28 heavy (non-hydrogen) atoms. The molecule has 2 aliphatic rings. The second-order valence-electron chi connectivity index (χ2n) is 7.63. The number of nitrogens with zero attached hydrogens (tertiary/aromatic N) is 1. The van der Waals surface area contributed by atoms with Gasteiger partial charge >= 0.3 is 5.97 Å². The van der Waals surface area contributed by atoms with Crippen LogP contribution in [0.5, 0.6) is 0 Å². The molecule has 1 fully saturated rings. The third-order valence-corrected chi connectivity index (χ3v) is 6.37. The number of aromatic nitrogens is 1. The number of piperidine rings is 1. The van der Waals surface area contributed by atoms with E-state index in [0.717, 1.165) is 32.4 Å². The molecule has 1 saturated heterocycles. The highest BCUT2D eigenvalue weighted by molar-refractivity contribution is 5.89. The van der Waals surface area contributed by atoms with Crippen molar-refractivity contribution in [1.82, 2.24) is 9.88 Å². The van der Waals surface area contributed by atoms with Crippen LogP contribution in [0.4, 0.5) is 0 Å². The summed E-state index contributed by atoms with van der Waals surface area (Å²) in [7, 11) is 3.04. The lowest BCUT2D eigenvalue weighted by Crippen LogP contribution is -3.00. The molecule has 0 saturated carbocycles. The van der Waals surface area contributed by atoms with Gasteiger partial charge in [-0.1, -0.05) is 31.5 Å². The molecule has 3 heterocycles. The average molecular weight is 404 g/mol. The summed E-state index contributed by atoms with van der Waals surface area (Å²) in [4.78, 5) is 18.7. The van der Waals surface area contributed by atoms with Crippen LogP contribution in [0.25, 0.3) is 10.9 Å². The van der Waals surface area contributed by atoms with Gasteiger partial charge in [-0.3, -0.25) is 4.90 Å². The Kier molecular flexibility index (Phi) is 6.36. The number of nitrogens with one attached hydrogen (secondary N) is 1. The molecule has 2 aromatic rings. The maximum atomic E-state index is 12.4. The molecule has 4 rings (SSSR count). The first-order valence-electron chi connectivity index (χ1n) is 9.82. The highest BCUT2D eigenvalue weighted by Crippen LogP contribution is 2.45. The second-order valence-corrected chi connectivity index (χ2v) is 7.63. The van der Waals surface area contributed by atoms with Crippen molar-refractivity contribution >= 4 is 16.9 Å². The van der Waals surface area contributed by atoms with Crippen LogP contribution in [0.2, 0.25) is 0 Å². The monoisotopic (exact) mass is 403 g/mol. The molecular formula is C22H28ClN2O3-. The SMILES string of the molecule is CC[C@H]1CN2CCc3c([nH]c4ccccc34)[C@@H]2C[C@@H]1/C(=C\OC)C(=O)OC.[Cl-]. The summed E-state index contributed by atoms with van der Waals surface area (Å²) in [6, 6.07) is 8.85. The van der Waals surface area contributed by atoms with E-state index in [-0.39, 0.29) is 24.3 Å². The fraction of sp³-hybridized carbons (Fsp3) is 0.500. The topological polar surface area (TPSA) is 54.6 Å². The third-order valence-electron chi connectivity index (χ3n) is 6.37. The van der Waals surface area contributed by atoms with Crippen LogP contribution in [-0.2, 0) is 20.7 Å². The van der Waals surface area contributed by atoms with E-state index >= 15 is 0 Å². The zero-order chi connectivity index (χ0) is 19.0. The number of rotatable bonds is 4. The Hall–Kier alpha value is -1.98. The number of methoxy groups -OCH3 is 2. The molecule has 1 aromatic heterocycles. The lowest BCUT2D eigenvalue weighted by atomic mass is 9.74. The number of carbonyl (C=O) groups is 1. The van der Waals surface area contributed by atoms with Crippen LogP contribution >= 0.6 is 0 Å². The molecule has 0 radical (unpaired) electrons. The zero-order valence-corrected chi connectivity index (χ0v) is 17.5. The van der Waals surface area contributed by atoms with Crippen molar-refractivity contribution in [1.29, 1.82) is 0 Å². The Morgan fingerprint density at radius 3 is 2.82 bits per heavy atom. The molecule has 0 spiro atoms. The van der Waals surface area contributed by atoms with Crippen LogP contribution in [0.3, 0.4) is 0 Å². The number of fused-ring (bicyclic) bond motifs is 5. The molecule has 3 atom stereocenters. The Morgan fingerprint density at radius 1 is 1.32 bits per heavy atom. The molecular weight excluding hydrogens is 376 g/mol. The standard InChI is InChI=1S/C22H28N2O3.ClH/c1-4-14-12-24-10-9-16-15-7-5-6-8-19(15)23-21(16)20(24)11-17(14)18(13-26-2)22(25)27-3;/h5-8,13-14,17,20,23H,4,9-12H2,1-3H3;1H/p-1/b18-13+;/t14-,17-,20-;/m0./s1. The number of esters is 1. The first-order valence-corrected chi connectivity index (χ1v) is 9.82. The van der Waals surface area contributed by atoms with Crippen LogP contribution in [0.1, 0.15) is 37.1 Å². The van der Waals surface area contributed by atoms with Gasteiger partial charge in [0.25, 0.3) is 0 Å². The number of H-pyrrole nitrogens is 1. The largest absolute Gasteiger partial charge is 1.00 e. The number of aromatic amines is 1. The number of ether oxygens (including phenoxy) is 2. The number of carbonyl (C=O) groups excluding carboxylic acids is 1. The van der Waals surface area contributed by atoms with E-state index < -0.39 is 0 Å². The van der Waals surface area contributed by atoms with E-state index in [1.165, 1.54) is 29.3 Å². The van der Waals surface area contributed by atoms with E-state index in [9.17, 15) is 4.79 Å². The zero-order valence-electron chi connectivity index (χ0n) is 16.7. The maximum Gasteiger partial charge on any atom is 0.337 e. The number of halogens is 1. The molecule has 2 aliphatic heterocycles. The molecule has 1 N–H and O–H groups in total. The summed E-state index contributed by atoms with van der Waals surface area (Å²) < 4.78 is 10.3. The van der Waals surface area contributed by atoms with Crippen LogP contribution in [0, 0.1) is 11.8 Å². The van der Waals surface area contributed by atoms with Gasteiger partial charge in [-0.2, -0.15) is 0 Å². The lowest BCUT2D eigenvalue weighted by Gasteiger charge is -2.46. The minimum absolute atomic E-state index is 0. The molecule has 1 aromatic carbocycles. The maximum absolute atomic E-state index is 12.4. The fourth-order valence-electron chi connectivity index (χ4n) is 5.04. The van der Waals surface area contributed by atoms with Crippen molar-refractivity contribution in [3.05, 3.63) is 47.4 Å². The van der Waals surface area contributed by atoms with Crippen molar-refractivity contribution in [2.45, 2.75) is 32.2 Å². The van der Waals surface area contributed by atoms with Gasteiger partial charge in [-0.15, -0.1) is 0 Å². The summed E-state index contributed by atoms with van der Waals surface area (Å²) in [6.45, 7) is 4.28. The summed E-state index contributed by atoms with van der Waals surface area (Å²) >= 11 is 0. The van der Waals surface area contributed by atoms with Gasteiger partial charge < -0.3 is 26.9 Å². The van der Waals surface area contributed by atoms with Crippen molar-refractivity contribution < 1.29 is 26.7 Å². The molecule has 0 amide bonds. The van der Waals surface area contributed by atoms with Crippen molar-refractivity contribution in [2.24, 2.45) is 11.8 Å². The van der Waals surface area contributed by atoms with Crippen LogP contribution in [0.15, 0.2) is 36.1 Å². The summed E-state index contributed by atoms with van der Waals surface area (Å²) in [5.74, 6) is 0.287. The van der Waals surface area contributed by atoms with E-state index in [2.05, 4.69) is 41.1 Å². The Balaban J connectivity index is 0.00000225. The third kappa shape index (κ3) is 3.42. The summed E-state index contributed by atoms with van der Waals surface area (Å²) in [6.07, 6.45) is 4.60. The second kappa shape index (κ2) is 8.58. The van der Waals surface area contributed by atoms with Gasteiger partial charge in [0.05, 0.1) is 32.1 Å². The molecule has 0 unspecified atom stereocenters. The highest BCUT2D eigenvalue weighted by Gasteiger charge is 2.42. The van der Waals surface area contributed by atoms with E-state index in [0.29, 0.717) is 17.5 Å². The summed E-state index contributed by atoms with van der Waals surface area (Å²) in [5.41, 5.74) is 4.63. The number of para-hydroxylation sites is 1. The summed E-state index contributed by atoms with van der Waals surface area (Å²) in [5, 5.41) is 1.34. The Bertz CT molecular complexity index is 876. The first kappa shape index (κ1) is 20.7. The number of hydrogen-bond acceptors (Lipinski definition) is 4. The molecule has 152 valence electrons. The van der Waals surface area contributed by atoms with Gasteiger partial charge in [0.2, 0.25) is 0 Å². The molecule has 0 aliphatic carbocycles. The lowest BCUT2D eigenvalue weighted by molar-refractivity contribution is -0.137. The van der Waals surface area contributed by atoms with Gasteiger partial charge in [-0.25, -0.2) is 4.79 Å². The smallest absolute Gasteiger partial charge is 0.337 e. The van der Waals surface area contributed by atoms with Gasteiger partial charge in [-0.05, 0) is 36.3 Å². The number of hydrogen-bond donors (Lipinski definition) is 1. The quantitative estimate of drug-likeness (QED) is 0.466. The van der Waals surface area contributed by atoms with Crippen molar-refractivity contribution in [2.75, 3.05) is 27.3 Å². The predicted molar refractivity (Wildman–Crippen MR) is 105 cm³/mol. The van der Waals surface area contributed by atoms with Crippen molar-refractivity contribution in [3.63, 3.8) is 0 Å². The molecule has 6 heteroatoms. The Labute approximate surface area is 172 Å². The number of benzene rings is 1. The molecule has 0 bridgehead atoms. The van der Waals surface area contributed by atoms with E-state index in [1.807, 2.05) is 0 Å². The highest BCUT2D eigenvalue weighted by atomic mass is 35.5. The van der Waals surface area contributed by atoms with Crippen molar-refractivity contribution in [3.8, 4) is 0 Å². The molecule has 5 nitrogen and oxygen atoms in total. The van der Waals surface area contributed by atoms with E-state index in [4.69, 9.17) is 9.47 Å². The normalized spacial score (nSPS) is 24.8. The van der Waals surface area contributed by atoms with Gasteiger partial charge in [0.1, 0.15) is 0 Å². The van der Waals surface area contributed by atoms with Crippen LogP contribution < -0.4 is 12.4 Å². The van der Waals surface area contributed by atoms with Crippen LogP contribution in [-0.4, -0.2) is 43.2 Å². The minimum Gasteiger partial charge on any atom is -1.00 e. The Morgan fingerprint density at radius 2 is 2.11 bits per heavy atom. The van der Waals surface area contributed by atoms with Gasteiger partial charge in [0.15, 0.2) is 0 Å².